The molecular weight excluding hydrogens is 600 g/mol. The van der Waals surface area contributed by atoms with Crippen LogP contribution in [0.3, 0.4) is 0 Å². The van der Waals surface area contributed by atoms with E-state index in [0.717, 1.165) is 0 Å². The van der Waals surface area contributed by atoms with Crippen LogP contribution in [0.4, 0.5) is 0 Å². The number of esters is 1. The van der Waals surface area contributed by atoms with E-state index in [9.17, 15) is 45.6 Å². The summed E-state index contributed by atoms with van der Waals surface area (Å²) in [6.07, 6.45) is -14.9. The van der Waals surface area contributed by atoms with E-state index in [1.54, 1.807) is 24.3 Å². The first-order chi connectivity index (χ1) is 21.5. The highest BCUT2D eigenvalue weighted by Crippen LogP contribution is 2.35. The summed E-state index contributed by atoms with van der Waals surface area (Å²) in [5.74, 6) is 0.0530. The van der Waals surface area contributed by atoms with Crippen LogP contribution in [0.25, 0.3) is 5.57 Å². The molecule has 11 atom stereocenters. The first kappa shape index (κ1) is 33.2. The molecule has 2 aromatic carbocycles. The molecule has 0 bridgehead atoms. The van der Waals surface area contributed by atoms with Crippen LogP contribution >= 0.6 is 0 Å². The summed E-state index contributed by atoms with van der Waals surface area (Å²) in [6.45, 7) is -1.29. The number of fused-ring (bicyclic) bond motifs is 1. The first-order valence-corrected chi connectivity index (χ1v) is 14.2. The molecule has 3 aliphatic heterocycles. The Balaban J connectivity index is 1.44. The van der Waals surface area contributed by atoms with E-state index in [1.807, 2.05) is 0 Å². The average Bonchev–Trinajstić information content (AvgIpc) is 3.04. The Bertz CT molecular complexity index is 1350. The molecule has 0 saturated carbocycles. The fraction of sp³-hybridized carbons (Fsp3) is 0.500. The number of carbonyl (C=O) groups is 1. The minimum absolute atomic E-state index is 0.0799. The maximum Gasteiger partial charge on any atom is 0.336 e. The summed E-state index contributed by atoms with van der Waals surface area (Å²) >= 11 is 0. The van der Waals surface area contributed by atoms with Gasteiger partial charge in [-0.1, -0.05) is 18.2 Å². The fourth-order valence-electron chi connectivity index (χ4n) is 5.35. The van der Waals surface area contributed by atoms with Gasteiger partial charge in [-0.05, 0) is 34.9 Å². The van der Waals surface area contributed by atoms with E-state index in [2.05, 4.69) is 0 Å². The zero-order valence-corrected chi connectivity index (χ0v) is 24.0. The van der Waals surface area contributed by atoms with Crippen molar-refractivity contribution >= 4 is 11.5 Å². The smallest absolute Gasteiger partial charge is 0.336 e. The molecule has 8 N–H and O–H groups in total. The van der Waals surface area contributed by atoms with Crippen LogP contribution in [0.1, 0.15) is 11.1 Å². The Kier molecular flexibility index (Phi) is 10.4. The molecule has 2 fully saturated rings. The molecule has 15 heteroatoms. The molecule has 0 spiro atoms. The van der Waals surface area contributed by atoms with Crippen molar-refractivity contribution < 1.29 is 74.1 Å². The van der Waals surface area contributed by atoms with Crippen LogP contribution in [0.15, 0.2) is 48.5 Å². The fourth-order valence-corrected chi connectivity index (χ4v) is 5.35. The monoisotopic (exact) mass is 636 g/mol. The van der Waals surface area contributed by atoms with Gasteiger partial charge < -0.3 is 69.3 Å². The lowest BCUT2D eigenvalue weighted by atomic mass is 9.93. The van der Waals surface area contributed by atoms with E-state index in [0.29, 0.717) is 16.9 Å². The number of hydrogen-bond acceptors (Lipinski definition) is 15. The predicted molar refractivity (Wildman–Crippen MR) is 150 cm³/mol. The number of hydrogen-bond donors (Lipinski definition) is 8. The molecule has 2 saturated heterocycles. The van der Waals surface area contributed by atoms with Crippen LogP contribution in [0, 0.1) is 0 Å². The SMILES string of the molecule is COc1ccc2c(c1)OC(=O)/C=C(/c1ccc(O[C@@H]3O[C@H](CO)[C@@H](O)[C@H](O)[C@H]3O)cc1)C(O[C@@H]1O[C@H](CO)[C@@H](O)[C@H](O)[C@H]1O)C2. The molecular formula is C30H36O15. The van der Waals surface area contributed by atoms with Crippen molar-refractivity contribution in [3.8, 4) is 17.2 Å². The van der Waals surface area contributed by atoms with Gasteiger partial charge in [0.2, 0.25) is 6.29 Å². The Morgan fingerprint density at radius 1 is 0.756 bits per heavy atom. The Labute approximate surface area is 257 Å². The van der Waals surface area contributed by atoms with Gasteiger partial charge in [0.1, 0.15) is 66.1 Å². The van der Waals surface area contributed by atoms with Crippen LogP contribution in [-0.2, 0) is 25.4 Å². The van der Waals surface area contributed by atoms with Gasteiger partial charge in [-0.3, -0.25) is 0 Å². The van der Waals surface area contributed by atoms with Crippen molar-refractivity contribution in [2.75, 3.05) is 20.3 Å². The number of benzene rings is 2. The molecule has 0 aromatic heterocycles. The normalized spacial score (nSPS) is 36.5. The molecule has 3 aliphatic rings. The van der Waals surface area contributed by atoms with Crippen molar-refractivity contribution in [2.24, 2.45) is 0 Å². The Hall–Kier alpha value is -3.19. The van der Waals surface area contributed by atoms with E-state index in [1.165, 1.54) is 31.4 Å². The lowest BCUT2D eigenvalue weighted by molar-refractivity contribution is -0.306. The summed E-state index contributed by atoms with van der Waals surface area (Å²) in [7, 11) is 1.46. The van der Waals surface area contributed by atoms with Crippen LogP contribution in [-0.4, -0.2) is 135 Å². The zero-order valence-electron chi connectivity index (χ0n) is 24.0. The Morgan fingerprint density at radius 3 is 1.93 bits per heavy atom. The highest BCUT2D eigenvalue weighted by molar-refractivity contribution is 5.94. The average molecular weight is 637 g/mol. The maximum absolute atomic E-state index is 13.0. The lowest BCUT2D eigenvalue weighted by Gasteiger charge is -2.41. The van der Waals surface area contributed by atoms with Crippen LogP contribution in [0.5, 0.6) is 17.2 Å². The minimum atomic E-state index is -1.70. The number of carbonyl (C=O) groups excluding carboxylic acids is 1. The summed E-state index contributed by atoms with van der Waals surface area (Å²) in [6, 6.07) is 10.9. The quantitative estimate of drug-likeness (QED) is 0.111. The third kappa shape index (κ3) is 6.98. The molecule has 1 unspecified atom stereocenters. The van der Waals surface area contributed by atoms with E-state index in [-0.39, 0.29) is 23.5 Å². The van der Waals surface area contributed by atoms with Gasteiger partial charge in [-0.25, -0.2) is 4.79 Å². The van der Waals surface area contributed by atoms with Crippen molar-refractivity contribution in [2.45, 2.75) is 73.9 Å². The maximum atomic E-state index is 13.0. The van der Waals surface area contributed by atoms with Gasteiger partial charge in [0.15, 0.2) is 6.29 Å². The van der Waals surface area contributed by atoms with Gasteiger partial charge in [-0.15, -0.1) is 0 Å². The third-order valence-electron chi connectivity index (χ3n) is 7.95. The molecule has 45 heavy (non-hydrogen) atoms. The standard InChI is InChI=1S/C30H36O15/c1-40-16-7-4-14-8-19(43-30-28(39)26(37)24(35)21(12-32)45-30)17(10-22(33)42-18(14)9-16)13-2-5-15(6-3-13)41-29-27(38)25(36)23(34)20(11-31)44-29/h2-7,9-10,19-21,23-32,34-39H,8,11-12H2,1H3/b17-10-/t19?,20-,21-,23-,24-,25+,26+,27-,28-,29-,30-/m1/s1. The van der Waals surface area contributed by atoms with E-state index >= 15 is 0 Å². The largest absolute Gasteiger partial charge is 0.497 e. The number of aliphatic hydroxyl groups is 8. The van der Waals surface area contributed by atoms with Gasteiger partial charge in [0.05, 0.1) is 26.4 Å². The number of methoxy groups -OCH3 is 1. The van der Waals surface area contributed by atoms with Gasteiger partial charge in [0, 0.05) is 18.6 Å². The molecule has 0 aliphatic carbocycles. The molecule has 0 amide bonds. The van der Waals surface area contributed by atoms with Crippen molar-refractivity contribution in [3.05, 3.63) is 59.7 Å². The van der Waals surface area contributed by atoms with Crippen LogP contribution in [0.2, 0.25) is 0 Å². The summed E-state index contributed by atoms with van der Waals surface area (Å²) in [4.78, 5) is 13.0. The molecule has 2 aromatic rings. The van der Waals surface area contributed by atoms with Crippen molar-refractivity contribution in [1.29, 1.82) is 0 Å². The second-order valence-electron chi connectivity index (χ2n) is 10.9. The second-order valence-corrected chi connectivity index (χ2v) is 10.9. The molecule has 246 valence electrons. The van der Waals surface area contributed by atoms with E-state index < -0.39 is 86.7 Å². The first-order valence-electron chi connectivity index (χ1n) is 14.2. The second kappa shape index (κ2) is 14.1. The highest BCUT2D eigenvalue weighted by Gasteiger charge is 2.46. The minimum Gasteiger partial charge on any atom is -0.497 e. The lowest BCUT2D eigenvalue weighted by Crippen LogP contribution is -2.60. The number of rotatable bonds is 8. The summed E-state index contributed by atoms with van der Waals surface area (Å²) < 4.78 is 33.6. The third-order valence-corrected chi connectivity index (χ3v) is 7.95. The number of aliphatic hydroxyl groups excluding tert-OH is 8. The van der Waals surface area contributed by atoms with Gasteiger partial charge >= 0.3 is 5.97 Å². The summed E-state index contributed by atoms with van der Waals surface area (Å²) in [5.41, 5.74) is 1.24. The van der Waals surface area contributed by atoms with Crippen molar-refractivity contribution in [1.82, 2.24) is 0 Å². The molecule has 3 heterocycles. The number of ether oxygens (including phenoxy) is 6. The summed E-state index contributed by atoms with van der Waals surface area (Å²) in [5, 5.41) is 80.7. The molecule has 15 nitrogen and oxygen atoms in total. The Morgan fingerprint density at radius 2 is 1.33 bits per heavy atom. The highest BCUT2D eigenvalue weighted by atomic mass is 16.7. The molecule has 5 rings (SSSR count). The topological polar surface area (TPSA) is 234 Å². The predicted octanol–water partition coefficient (Wildman–Crippen LogP) is -2.40. The van der Waals surface area contributed by atoms with Crippen LogP contribution < -0.4 is 14.2 Å². The van der Waals surface area contributed by atoms with Gasteiger partial charge in [0.25, 0.3) is 0 Å². The van der Waals surface area contributed by atoms with Crippen molar-refractivity contribution in [3.63, 3.8) is 0 Å². The zero-order chi connectivity index (χ0) is 32.4. The van der Waals surface area contributed by atoms with E-state index in [4.69, 9.17) is 28.4 Å². The molecule has 0 radical (unpaired) electrons. The van der Waals surface area contributed by atoms with Gasteiger partial charge in [-0.2, -0.15) is 0 Å².